The lowest BCUT2D eigenvalue weighted by molar-refractivity contribution is 0.0651. The fourth-order valence-corrected chi connectivity index (χ4v) is 7.13. The van der Waals surface area contributed by atoms with Crippen molar-refractivity contribution in [2.75, 3.05) is 18.5 Å². The van der Waals surface area contributed by atoms with Crippen molar-refractivity contribution in [3.8, 4) is 11.8 Å². The number of H-pyrrole nitrogens is 1. The molecular formula is C33H42ClN5O3. The molecule has 5 rings (SSSR count). The van der Waals surface area contributed by atoms with E-state index in [0.29, 0.717) is 34.1 Å². The summed E-state index contributed by atoms with van der Waals surface area (Å²) in [4.78, 5) is 28.8. The molecule has 0 amide bonds. The summed E-state index contributed by atoms with van der Waals surface area (Å²) >= 11 is 6.73. The van der Waals surface area contributed by atoms with Gasteiger partial charge in [0.15, 0.2) is 0 Å². The maximum Gasteiger partial charge on any atom is 0.274 e. The van der Waals surface area contributed by atoms with E-state index < -0.39 is 6.04 Å². The smallest absolute Gasteiger partial charge is 0.274 e. The van der Waals surface area contributed by atoms with E-state index in [1.54, 1.807) is 25.2 Å². The average Bonchev–Trinajstić information content (AvgIpc) is 2.98. The molecule has 2 fully saturated rings. The minimum Gasteiger partial charge on any atom is -0.490 e. The van der Waals surface area contributed by atoms with Gasteiger partial charge in [-0.15, -0.1) is 0 Å². The molecule has 2 aliphatic rings. The SMILES string of the molecule is C[C@H](Nc1ccc(C#N)n(C)c1=O)c1cc2cc(Cl)c(OCC3NCCCC34CCCCCCCCC4)cc2[nH]c1=O. The van der Waals surface area contributed by atoms with Gasteiger partial charge in [0, 0.05) is 30.1 Å². The van der Waals surface area contributed by atoms with Gasteiger partial charge in [0.1, 0.15) is 29.8 Å². The Bertz CT molecular complexity index is 1560. The van der Waals surface area contributed by atoms with Crippen LogP contribution < -0.4 is 26.5 Å². The van der Waals surface area contributed by atoms with E-state index in [0.717, 1.165) is 11.9 Å². The number of nitrogens with one attached hydrogen (secondary N) is 3. The first-order valence-electron chi connectivity index (χ1n) is 15.4. The number of rotatable bonds is 6. The molecule has 42 heavy (non-hydrogen) atoms. The molecule has 1 saturated carbocycles. The highest BCUT2D eigenvalue weighted by molar-refractivity contribution is 6.32. The second kappa shape index (κ2) is 13.4. The third-order valence-corrected chi connectivity index (χ3v) is 9.71. The molecule has 0 bridgehead atoms. The molecular weight excluding hydrogens is 550 g/mol. The fourth-order valence-electron chi connectivity index (χ4n) is 6.90. The molecule has 3 N–H and O–H groups in total. The Morgan fingerprint density at radius 2 is 1.76 bits per heavy atom. The largest absolute Gasteiger partial charge is 0.490 e. The number of fused-ring (bicyclic) bond motifs is 1. The van der Waals surface area contributed by atoms with Crippen LogP contribution in [-0.4, -0.2) is 28.7 Å². The van der Waals surface area contributed by atoms with Crippen LogP contribution in [0.1, 0.15) is 94.9 Å². The zero-order valence-electron chi connectivity index (χ0n) is 24.7. The molecule has 1 unspecified atom stereocenters. The highest BCUT2D eigenvalue weighted by Crippen LogP contribution is 2.43. The van der Waals surface area contributed by atoms with Crippen LogP contribution in [0.15, 0.2) is 39.9 Å². The molecule has 9 heteroatoms. The number of hydrogen-bond acceptors (Lipinski definition) is 6. The van der Waals surface area contributed by atoms with Crippen LogP contribution in [0.4, 0.5) is 5.69 Å². The highest BCUT2D eigenvalue weighted by atomic mass is 35.5. The summed E-state index contributed by atoms with van der Waals surface area (Å²) in [5.41, 5.74) is 1.38. The number of nitrogens with zero attached hydrogens (tertiary/aromatic N) is 2. The molecule has 2 aromatic heterocycles. The van der Waals surface area contributed by atoms with Crippen LogP contribution in [0.5, 0.6) is 5.75 Å². The predicted octanol–water partition coefficient (Wildman–Crippen LogP) is 6.57. The van der Waals surface area contributed by atoms with E-state index in [9.17, 15) is 9.59 Å². The third-order valence-electron chi connectivity index (χ3n) is 9.42. The molecule has 8 nitrogen and oxygen atoms in total. The first-order chi connectivity index (χ1) is 20.3. The van der Waals surface area contributed by atoms with Crippen molar-refractivity contribution in [2.24, 2.45) is 12.5 Å². The summed E-state index contributed by atoms with van der Waals surface area (Å²) in [5.74, 6) is 0.571. The number of aromatic amines is 1. The van der Waals surface area contributed by atoms with Gasteiger partial charge >= 0.3 is 0 Å². The van der Waals surface area contributed by atoms with Crippen LogP contribution >= 0.6 is 11.6 Å². The topological polar surface area (TPSA) is 112 Å². The summed E-state index contributed by atoms with van der Waals surface area (Å²) in [7, 11) is 1.55. The highest BCUT2D eigenvalue weighted by Gasteiger charge is 2.40. The van der Waals surface area contributed by atoms with Gasteiger partial charge < -0.3 is 24.9 Å². The van der Waals surface area contributed by atoms with Gasteiger partial charge in [0.05, 0.1) is 16.6 Å². The van der Waals surface area contributed by atoms with Gasteiger partial charge in [0.25, 0.3) is 11.1 Å². The second-order valence-electron chi connectivity index (χ2n) is 12.2. The van der Waals surface area contributed by atoms with E-state index in [1.165, 1.54) is 75.2 Å². The van der Waals surface area contributed by atoms with E-state index in [4.69, 9.17) is 21.6 Å². The van der Waals surface area contributed by atoms with Crippen LogP contribution in [0.3, 0.4) is 0 Å². The van der Waals surface area contributed by atoms with Gasteiger partial charge in [-0.3, -0.25) is 9.59 Å². The molecule has 3 aromatic rings. The van der Waals surface area contributed by atoms with E-state index >= 15 is 0 Å². The number of nitriles is 1. The summed E-state index contributed by atoms with van der Waals surface area (Å²) in [6, 6.07) is 10.4. The Morgan fingerprint density at radius 1 is 1.07 bits per heavy atom. The normalized spacial score (nSPS) is 20.1. The Balaban J connectivity index is 1.33. The second-order valence-corrected chi connectivity index (χ2v) is 12.6. The number of anilines is 1. The molecule has 0 radical (unpaired) electrons. The maximum absolute atomic E-state index is 13.1. The molecule has 1 aliphatic heterocycles. The molecule has 224 valence electrons. The Kier molecular flexibility index (Phi) is 9.60. The lowest BCUT2D eigenvalue weighted by Gasteiger charge is -2.45. The number of pyridine rings is 2. The molecule has 2 atom stereocenters. The van der Waals surface area contributed by atoms with Crippen molar-refractivity contribution in [3.63, 3.8) is 0 Å². The van der Waals surface area contributed by atoms with Gasteiger partial charge in [0.2, 0.25) is 0 Å². The minimum atomic E-state index is -0.459. The van der Waals surface area contributed by atoms with E-state index in [1.807, 2.05) is 25.1 Å². The van der Waals surface area contributed by atoms with Crippen LogP contribution in [0.2, 0.25) is 5.02 Å². The first kappa shape index (κ1) is 30.2. The number of benzene rings is 1. The molecule has 1 aliphatic carbocycles. The van der Waals surface area contributed by atoms with Crippen molar-refractivity contribution in [1.82, 2.24) is 14.9 Å². The van der Waals surface area contributed by atoms with Crippen molar-refractivity contribution < 1.29 is 4.74 Å². The van der Waals surface area contributed by atoms with Crippen LogP contribution in [0, 0.1) is 16.7 Å². The zero-order chi connectivity index (χ0) is 29.7. The number of ether oxygens (including phenoxy) is 1. The first-order valence-corrected chi connectivity index (χ1v) is 15.8. The van der Waals surface area contributed by atoms with Crippen LogP contribution in [-0.2, 0) is 7.05 Å². The third kappa shape index (κ3) is 6.53. The number of hydrogen-bond donors (Lipinski definition) is 3. The van der Waals surface area contributed by atoms with Crippen molar-refractivity contribution >= 4 is 28.2 Å². The quantitative estimate of drug-likeness (QED) is 0.299. The summed E-state index contributed by atoms with van der Waals surface area (Å²) < 4.78 is 7.67. The van der Waals surface area contributed by atoms with Gasteiger partial charge in [-0.05, 0) is 68.8 Å². The average molecular weight is 592 g/mol. The van der Waals surface area contributed by atoms with E-state index in [2.05, 4.69) is 15.6 Å². The van der Waals surface area contributed by atoms with Crippen LogP contribution in [0.25, 0.3) is 10.9 Å². The number of piperidine rings is 1. The summed E-state index contributed by atoms with van der Waals surface area (Å²) in [6.07, 6.45) is 14.2. The minimum absolute atomic E-state index is 0.254. The van der Waals surface area contributed by atoms with Crippen molar-refractivity contribution in [1.29, 1.82) is 5.26 Å². The van der Waals surface area contributed by atoms with Gasteiger partial charge in [-0.25, -0.2) is 0 Å². The zero-order valence-corrected chi connectivity index (χ0v) is 25.5. The Labute approximate surface area is 252 Å². The standard InChI is InChI=1S/C33H42ClN5O3/c1-22(37-27-12-11-24(20-35)39(2)32(27)41)25-17-23-18-26(34)29(19-28(23)38-31(25)40)42-21-30-33(15-10-16-36-30)13-8-6-4-3-5-7-9-14-33/h11-12,17-19,22,30,36-37H,3-10,13-16,21H2,1-2H3,(H,38,40)/t22-,30?/m0/s1. The van der Waals surface area contributed by atoms with Gasteiger partial charge in [-0.1, -0.05) is 56.5 Å². The van der Waals surface area contributed by atoms with E-state index in [-0.39, 0.29) is 28.3 Å². The lowest BCUT2D eigenvalue weighted by Crippen LogP contribution is -2.53. The molecule has 3 heterocycles. The molecule has 1 saturated heterocycles. The summed E-state index contributed by atoms with van der Waals surface area (Å²) in [6.45, 7) is 3.38. The fraction of sp³-hybridized carbons (Fsp3) is 0.545. The van der Waals surface area contributed by atoms with Crippen molar-refractivity contribution in [2.45, 2.75) is 89.6 Å². The van der Waals surface area contributed by atoms with Crippen molar-refractivity contribution in [3.05, 3.63) is 67.3 Å². The molecule has 1 aromatic carbocycles. The maximum atomic E-state index is 13.1. The lowest BCUT2D eigenvalue weighted by atomic mass is 9.67. The predicted molar refractivity (Wildman–Crippen MR) is 169 cm³/mol. The molecule has 1 spiro atoms. The monoisotopic (exact) mass is 591 g/mol. The Morgan fingerprint density at radius 3 is 2.48 bits per heavy atom. The number of aromatic nitrogens is 2. The van der Waals surface area contributed by atoms with Gasteiger partial charge in [-0.2, -0.15) is 5.26 Å². The summed E-state index contributed by atoms with van der Waals surface area (Å²) in [5, 5.41) is 17.4. The number of halogens is 1. The Hall–Kier alpha value is -3.28.